The highest BCUT2D eigenvalue weighted by atomic mass is 32.2. The van der Waals surface area contributed by atoms with Crippen LogP contribution in [-0.2, 0) is 16.1 Å². The lowest BCUT2D eigenvalue weighted by molar-refractivity contribution is -0.134. The first-order valence-corrected chi connectivity index (χ1v) is 10.6. The van der Waals surface area contributed by atoms with Gasteiger partial charge in [-0.15, -0.1) is 0 Å². The number of nitrogens with zero attached hydrogens (tertiary/aromatic N) is 2. The van der Waals surface area contributed by atoms with Crippen molar-refractivity contribution in [2.45, 2.75) is 31.1 Å². The summed E-state index contributed by atoms with van der Waals surface area (Å²) < 4.78 is 28.4. The van der Waals surface area contributed by atoms with Gasteiger partial charge in [-0.2, -0.15) is 5.10 Å². The van der Waals surface area contributed by atoms with Gasteiger partial charge in [-0.25, -0.2) is 13.8 Å². The minimum Gasteiger partial charge on any atom is -0.320 e. The molecule has 1 amide bonds. The summed E-state index contributed by atoms with van der Waals surface area (Å²) in [7, 11) is 1.90. The Bertz CT molecular complexity index is 980. The Kier molecular flexibility index (Phi) is 5.44. The van der Waals surface area contributed by atoms with Crippen molar-refractivity contribution >= 4 is 22.7 Å². The predicted molar refractivity (Wildman–Crippen MR) is 111 cm³/mol. The van der Waals surface area contributed by atoms with Crippen LogP contribution in [0.4, 0.5) is 8.78 Å². The highest BCUT2D eigenvalue weighted by Gasteiger charge is 2.55. The van der Waals surface area contributed by atoms with Crippen LogP contribution < -0.4 is 5.32 Å². The highest BCUT2D eigenvalue weighted by Crippen LogP contribution is 2.57. The fourth-order valence-electron chi connectivity index (χ4n) is 4.37. The molecule has 1 aliphatic carbocycles. The third kappa shape index (κ3) is 3.36. The number of hydrogen-bond acceptors (Lipinski definition) is 4. The maximum atomic E-state index is 14.5. The number of thioether (sulfide) groups is 1. The zero-order chi connectivity index (χ0) is 20.6. The summed E-state index contributed by atoms with van der Waals surface area (Å²) in [5, 5.41) is 9.55. The van der Waals surface area contributed by atoms with Crippen LogP contribution >= 0.6 is 11.8 Å². The van der Waals surface area contributed by atoms with E-state index in [1.807, 2.05) is 25.2 Å². The Hall–Kier alpha value is -2.25. The van der Waals surface area contributed by atoms with Gasteiger partial charge in [0.25, 0.3) is 0 Å². The van der Waals surface area contributed by atoms with Gasteiger partial charge >= 0.3 is 0 Å². The van der Waals surface area contributed by atoms with Crippen LogP contribution in [0, 0.1) is 17.6 Å². The van der Waals surface area contributed by atoms with Crippen LogP contribution in [0.25, 0.3) is 0 Å². The van der Waals surface area contributed by atoms with E-state index in [1.165, 1.54) is 29.3 Å². The Morgan fingerprint density at radius 1 is 1.31 bits per heavy atom. The number of halogens is 2. The molecular formula is C22H23F2N3OS. The molecule has 1 spiro atoms. The summed E-state index contributed by atoms with van der Waals surface area (Å²) >= 11 is 1.37. The molecule has 0 saturated carbocycles. The molecule has 29 heavy (non-hydrogen) atoms. The summed E-state index contributed by atoms with van der Waals surface area (Å²) in [5.74, 6) is -1.17. The van der Waals surface area contributed by atoms with Crippen LogP contribution in [0.1, 0.15) is 36.5 Å². The normalized spacial score (nSPS) is 23.2. The maximum Gasteiger partial charge on any atom is 0.241 e. The lowest BCUT2D eigenvalue weighted by atomic mass is 9.77. The second-order valence-corrected chi connectivity index (χ2v) is 8.66. The van der Waals surface area contributed by atoms with Crippen molar-refractivity contribution in [2.75, 3.05) is 13.6 Å². The average molecular weight is 416 g/mol. The number of nitrogens with one attached hydrogen (secondary N) is 1. The third-order valence-corrected chi connectivity index (χ3v) is 7.21. The monoisotopic (exact) mass is 415 g/mol. The number of rotatable bonds is 4. The minimum atomic E-state index is -0.758. The first kappa shape index (κ1) is 20.0. The second kappa shape index (κ2) is 7.88. The molecule has 1 N–H and O–H groups in total. The molecule has 2 unspecified atom stereocenters. The third-order valence-electron chi connectivity index (χ3n) is 5.68. The first-order valence-electron chi connectivity index (χ1n) is 9.74. The molecule has 2 aliphatic rings. The summed E-state index contributed by atoms with van der Waals surface area (Å²) in [6.07, 6.45) is 2.65. The minimum absolute atomic E-state index is 0.0912. The van der Waals surface area contributed by atoms with E-state index in [0.717, 1.165) is 49.6 Å². The Labute approximate surface area is 173 Å². The zero-order valence-electron chi connectivity index (χ0n) is 16.4. The van der Waals surface area contributed by atoms with Crippen molar-refractivity contribution in [3.8, 4) is 0 Å². The molecule has 0 saturated heterocycles. The van der Waals surface area contributed by atoms with Crippen molar-refractivity contribution in [2.24, 2.45) is 11.0 Å². The lowest BCUT2D eigenvalue weighted by Gasteiger charge is -2.45. The molecule has 1 heterocycles. The zero-order valence-corrected chi connectivity index (χ0v) is 17.2. The van der Waals surface area contributed by atoms with Crippen LogP contribution in [0.3, 0.4) is 0 Å². The molecule has 2 aromatic rings. The number of carbonyl (C=O) groups is 1. The number of hydrogen-bond donors (Lipinski definition) is 1. The molecule has 2 atom stereocenters. The molecule has 152 valence electrons. The van der Waals surface area contributed by atoms with E-state index in [-0.39, 0.29) is 17.4 Å². The van der Waals surface area contributed by atoms with Gasteiger partial charge in [0.1, 0.15) is 21.5 Å². The number of amides is 1. The van der Waals surface area contributed by atoms with Crippen molar-refractivity contribution < 1.29 is 13.6 Å². The molecule has 0 aromatic heterocycles. The summed E-state index contributed by atoms with van der Waals surface area (Å²) in [6.45, 7) is 2.27. The van der Waals surface area contributed by atoms with E-state index in [4.69, 9.17) is 0 Å². The molecular weight excluding hydrogens is 392 g/mol. The summed E-state index contributed by atoms with van der Waals surface area (Å²) in [4.78, 5) is 11.9. The van der Waals surface area contributed by atoms with E-state index in [1.54, 1.807) is 0 Å². The molecule has 1 aliphatic heterocycles. The lowest BCUT2D eigenvalue weighted by Crippen LogP contribution is -2.49. The van der Waals surface area contributed by atoms with Crippen LogP contribution in [0.15, 0.2) is 47.6 Å². The van der Waals surface area contributed by atoms with Gasteiger partial charge < -0.3 is 5.32 Å². The van der Waals surface area contributed by atoms with Gasteiger partial charge in [0.15, 0.2) is 0 Å². The van der Waals surface area contributed by atoms with E-state index in [9.17, 15) is 13.6 Å². The SMILES string of the molecule is CNCCC1CCc2ccccc2C12SC(c1cc(F)ccc1F)=NN2C(C)=O. The van der Waals surface area contributed by atoms with Gasteiger partial charge in [-0.3, -0.25) is 4.79 Å². The first-order chi connectivity index (χ1) is 14.0. The van der Waals surface area contributed by atoms with Crippen molar-refractivity contribution in [3.63, 3.8) is 0 Å². The molecule has 7 heteroatoms. The van der Waals surface area contributed by atoms with Gasteiger partial charge in [0.2, 0.25) is 5.91 Å². The van der Waals surface area contributed by atoms with Crippen molar-refractivity contribution in [3.05, 3.63) is 70.8 Å². The average Bonchev–Trinajstić information content (AvgIpc) is 3.11. The van der Waals surface area contributed by atoms with E-state index >= 15 is 0 Å². The Morgan fingerprint density at radius 3 is 2.86 bits per heavy atom. The van der Waals surface area contributed by atoms with Gasteiger partial charge in [0.05, 0.1) is 0 Å². The topological polar surface area (TPSA) is 44.7 Å². The van der Waals surface area contributed by atoms with E-state index in [2.05, 4.69) is 16.5 Å². The summed E-state index contributed by atoms with van der Waals surface area (Å²) in [5.41, 5.74) is 2.29. The van der Waals surface area contributed by atoms with Gasteiger partial charge in [-0.1, -0.05) is 36.0 Å². The highest BCUT2D eigenvalue weighted by molar-refractivity contribution is 8.15. The fraction of sp³-hybridized carbons (Fsp3) is 0.364. The molecule has 4 nitrogen and oxygen atoms in total. The number of benzene rings is 2. The molecule has 0 bridgehead atoms. The number of fused-ring (bicyclic) bond motifs is 2. The quantitative estimate of drug-likeness (QED) is 0.812. The predicted octanol–water partition coefficient (Wildman–Crippen LogP) is 4.25. The van der Waals surface area contributed by atoms with Crippen LogP contribution in [0.5, 0.6) is 0 Å². The largest absolute Gasteiger partial charge is 0.320 e. The van der Waals surface area contributed by atoms with Gasteiger partial charge in [0, 0.05) is 12.5 Å². The summed E-state index contributed by atoms with van der Waals surface area (Å²) in [6, 6.07) is 11.4. The number of aryl methyl sites for hydroxylation is 1. The van der Waals surface area contributed by atoms with Crippen LogP contribution in [0.2, 0.25) is 0 Å². The molecule has 2 aromatic carbocycles. The smallest absolute Gasteiger partial charge is 0.241 e. The Balaban J connectivity index is 1.87. The maximum absolute atomic E-state index is 14.5. The van der Waals surface area contributed by atoms with Crippen molar-refractivity contribution in [1.29, 1.82) is 0 Å². The fourth-order valence-corrected chi connectivity index (χ4v) is 6.02. The van der Waals surface area contributed by atoms with Crippen molar-refractivity contribution in [1.82, 2.24) is 10.3 Å². The molecule has 0 radical (unpaired) electrons. The molecule has 4 rings (SSSR count). The van der Waals surface area contributed by atoms with Gasteiger partial charge in [-0.05, 0) is 68.1 Å². The van der Waals surface area contributed by atoms with E-state index in [0.29, 0.717) is 5.04 Å². The number of hydrazone groups is 1. The van der Waals surface area contributed by atoms with E-state index < -0.39 is 16.5 Å². The number of carbonyl (C=O) groups excluding carboxylic acids is 1. The standard InChI is InChI=1S/C22H23F2N3OS/c1-14(28)27-22(29-21(26-27)18-13-17(23)9-10-20(18)24)16(11-12-25-2)8-7-15-5-3-4-6-19(15)22/h3-6,9-10,13,16,25H,7-8,11-12H2,1-2H3. The van der Waals surface area contributed by atoms with Crippen LogP contribution in [-0.4, -0.2) is 29.6 Å². The second-order valence-electron chi connectivity index (χ2n) is 7.44. The Morgan fingerprint density at radius 2 is 2.10 bits per heavy atom. The molecule has 0 fully saturated rings.